The molecule has 1 fully saturated rings. The average molecular weight is 330 g/mol. The highest BCUT2D eigenvalue weighted by Crippen LogP contribution is 2.17. The molecule has 6 nitrogen and oxygen atoms in total. The number of aliphatic hydroxyl groups is 1. The fourth-order valence-corrected chi connectivity index (χ4v) is 4.19. The summed E-state index contributed by atoms with van der Waals surface area (Å²) in [4.78, 5) is 11.6. The first-order valence-corrected chi connectivity index (χ1v) is 8.83. The van der Waals surface area contributed by atoms with E-state index in [2.05, 4.69) is 10.6 Å². The molecular formula is C14H19FN2O4S. The molecule has 2 amide bonds. The molecule has 2 rings (SSSR count). The molecule has 1 saturated heterocycles. The lowest BCUT2D eigenvalue weighted by molar-refractivity contribution is 0.173. The van der Waals surface area contributed by atoms with Crippen LogP contribution < -0.4 is 10.6 Å². The number of aliphatic hydroxyl groups excluding tert-OH is 1. The van der Waals surface area contributed by atoms with Crippen LogP contribution in [0.1, 0.15) is 18.1 Å². The van der Waals surface area contributed by atoms with Crippen molar-refractivity contribution < 1.29 is 22.7 Å². The number of carbonyl (C=O) groups is 1. The summed E-state index contributed by atoms with van der Waals surface area (Å²) in [5.74, 6) is -0.179. The SMILES string of the molecule is O=C(NC[C@@H]1CCS(=O)(=O)C1)NC[C@H](O)c1ccc(F)cc1. The molecule has 3 N–H and O–H groups in total. The summed E-state index contributed by atoms with van der Waals surface area (Å²) < 4.78 is 35.3. The summed E-state index contributed by atoms with van der Waals surface area (Å²) in [5, 5.41) is 15.0. The Morgan fingerprint density at radius 1 is 1.32 bits per heavy atom. The maximum atomic E-state index is 12.8. The quantitative estimate of drug-likeness (QED) is 0.736. The zero-order valence-electron chi connectivity index (χ0n) is 12.0. The van der Waals surface area contributed by atoms with E-state index in [0.717, 1.165) is 0 Å². The largest absolute Gasteiger partial charge is 0.387 e. The normalized spacial score (nSPS) is 21.3. The number of halogens is 1. The minimum absolute atomic E-state index is 0.0135. The molecule has 1 aliphatic heterocycles. The lowest BCUT2D eigenvalue weighted by Gasteiger charge is -2.14. The molecule has 0 radical (unpaired) electrons. The van der Waals surface area contributed by atoms with E-state index in [1.807, 2.05) is 0 Å². The zero-order chi connectivity index (χ0) is 16.2. The molecule has 0 unspecified atom stereocenters. The third-order valence-corrected chi connectivity index (χ3v) is 5.43. The van der Waals surface area contributed by atoms with Gasteiger partial charge in [0.1, 0.15) is 5.82 Å². The van der Waals surface area contributed by atoms with Crippen LogP contribution in [-0.2, 0) is 9.84 Å². The molecule has 1 aliphatic rings. The van der Waals surface area contributed by atoms with E-state index < -0.39 is 27.8 Å². The fraction of sp³-hybridized carbons (Fsp3) is 0.500. The van der Waals surface area contributed by atoms with Gasteiger partial charge >= 0.3 is 6.03 Å². The third-order valence-electron chi connectivity index (χ3n) is 3.59. The van der Waals surface area contributed by atoms with E-state index in [0.29, 0.717) is 12.0 Å². The van der Waals surface area contributed by atoms with Gasteiger partial charge in [0, 0.05) is 13.1 Å². The summed E-state index contributed by atoms with van der Waals surface area (Å²) in [6, 6.07) is 4.90. The smallest absolute Gasteiger partial charge is 0.314 e. The van der Waals surface area contributed by atoms with Crippen LogP contribution in [0.4, 0.5) is 9.18 Å². The first-order valence-electron chi connectivity index (χ1n) is 7.01. The van der Waals surface area contributed by atoms with Gasteiger partial charge in [-0.2, -0.15) is 0 Å². The van der Waals surface area contributed by atoms with Crippen molar-refractivity contribution in [2.24, 2.45) is 5.92 Å². The second-order valence-electron chi connectivity index (χ2n) is 5.43. The van der Waals surface area contributed by atoms with Gasteiger partial charge in [-0.1, -0.05) is 12.1 Å². The Balaban J connectivity index is 1.70. The van der Waals surface area contributed by atoms with Crippen molar-refractivity contribution in [3.63, 3.8) is 0 Å². The second kappa shape index (κ2) is 7.06. The minimum Gasteiger partial charge on any atom is -0.387 e. The zero-order valence-corrected chi connectivity index (χ0v) is 12.8. The van der Waals surface area contributed by atoms with Gasteiger partial charge in [-0.15, -0.1) is 0 Å². The first-order chi connectivity index (χ1) is 10.4. The number of benzene rings is 1. The monoisotopic (exact) mass is 330 g/mol. The summed E-state index contributed by atoms with van der Waals surface area (Å²) >= 11 is 0. The molecule has 1 aromatic rings. The van der Waals surface area contributed by atoms with E-state index >= 15 is 0 Å². The lowest BCUT2D eigenvalue weighted by atomic mass is 10.1. The Hall–Kier alpha value is -1.67. The van der Waals surface area contributed by atoms with Gasteiger partial charge in [0.25, 0.3) is 0 Å². The van der Waals surface area contributed by atoms with Crippen LogP contribution in [0.3, 0.4) is 0 Å². The number of nitrogens with one attached hydrogen (secondary N) is 2. The number of hydrogen-bond donors (Lipinski definition) is 3. The minimum atomic E-state index is -2.95. The molecule has 122 valence electrons. The molecule has 0 aliphatic carbocycles. The molecule has 8 heteroatoms. The Labute approximate surface area is 128 Å². The van der Waals surface area contributed by atoms with Gasteiger partial charge in [0.2, 0.25) is 0 Å². The molecular weight excluding hydrogens is 311 g/mol. The molecule has 0 aromatic heterocycles. The summed E-state index contributed by atoms with van der Waals surface area (Å²) in [6.07, 6.45) is -0.376. The van der Waals surface area contributed by atoms with Crippen molar-refractivity contribution >= 4 is 15.9 Å². The Kier molecular flexibility index (Phi) is 5.36. The predicted molar refractivity (Wildman–Crippen MR) is 79.5 cm³/mol. The molecule has 0 bridgehead atoms. The van der Waals surface area contributed by atoms with E-state index in [4.69, 9.17) is 0 Å². The second-order valence-corrected chi connectivity index (χ2v) is 7.66. The van der Waals surface area contributed by atoms with Crippen molar-refractivity contribution in [3.8, 4) is 0 Å². The highest BCUT2D eigenvalue weighted by atomic mass is 32.2. The average Bonchev–Trinajstić information content (AvgIpc) is 2.82. The summed E-state index contributed by atoms with van der Waals surface area (Å²) in [6.45, 7) is 0.276. The molecule has 1 heterocycles. The van der Waals surface area contributed by atoms with E-state index in [-0.39, 0.29) is 30.5 Å². The van der Waals surface area contributed by atoms with Crippen LogP contribution in [0.2, 0.25) is 0 Å². The van der Waals surface area contributed by atoms with Crippen LogP contribution in [-0.4, -0.2) is 44.2 Å². The first kappa shape index (κ1) is 16.7. The van der Waals surface area contributed by atoms with Gasteiger partial charge in [0.05, 0.1) is 17.6 Å². The van der Waals surface area contributed by atoms with Gasteiger partial charge in [-0.3, -0.25) is 0 Å². The highest BCUT2D eigenvalue weighted by molar-refractivity contribution is 7.91. The lowest BCUT2D eigenvalue weighted by Crippen LogP contribution is -2.40. The predicted octanol–water partition coefficient (Wildman–Crippen LogP) is 0.593. The maximum Gasteiger partial charge on any atom is 0.314 e. The van der Waals surface area contributed by atoms with Crippen LogP contribution >= 0.6 is 0 Å². The van der Waals surface area contributed by atoms with Crippen molar-refractivity contribution in [3.05, 3.63) is 35.6 Å². The van der Waals surface area contributed by atoms with Crippen LogP contribution in [0, 0.1) is 11.7 Å². The van der Waals surface area contributed by atoms with E-state index in [1.54, 1.807) is 0 Å². The highest BCUT2D eigenvalue weighted by Gasteiger charge is 2.27. The number of sulfone groups is 1. The number of carbonyl (C=O) groups excluding carboxylic acids is 1. The summed E-state index contributed by atoms with van der Waals surface area (Å²) in [7, 11) is -2.95. The topological polar surface area (TPSA) is 95.5 Å². The van der Waals surface area contributed by atoms with Crippen molar-refractivity contribution in [2.45, 2.75) is 12.5 Å². The molecule has 0 spiro atoms. The summed E-state index contributed by atoms with van der Waals surface area (Å²) in [5.41, 5.74) is 0.503. The maximum absolute atomic E-state index is 12.8. The van der Waals surface area contributed by atoms with Crippen LogP contribution in [0.25, 0.3) is 0 Å². The molecule has 22 heavy (non-hydrogen) atoms. The number of rotatable bonds is 5. The molecule has 2 atom stereocenters. The van der Waals surface area contributed by atoms with Crippen molar-refractivity contribution in [1.29, 1.82) is 0 Å². The molecule has 1 aromatic carbocycles. The number of urea groups is 1. The Bertz CT molecular complexity index is 618. The van der Waals surface area contributed by atoms with Gasteiger partial charge < -0.3 is 15.7 Å². The number of hydrogen-bond acceptors (Lipinski definition) is 4. The van der Waals surface area contributed by atoms with Crippen molar-refractivity contribution in [2.75, 3.05) is 24.6 Å². The van der Waals surface area contributed by atoms with Crippen LogP contribution in [0.15, 0.2) is 24.3 Å². The van der Waals surface area contributed by atoms with E-state index in [1.165, 1.54) is 24.3 Å². The van der Waals surface area contributed by atoms with Crippen molar-refractivity contribution in [1.82, 2.24) is 10.6 Å². The van der Waals surface area contributed by atoms with Gasteiger partial charge in [-0.05, 0) is 30.0 Å². The van der Waals surface area contributed by atoms with E-state index in [9.17, 15) is 22.7 Å². The molecule has 0 saturated carbocycles. The third kappa shape index (κ3) is 4.96. The standard InChI is InChI=1S/C14H19FN2O4S/c15-12-3-1-11(2-4-12)13(18)8-17-14(19)16-7-10-5-6-22(20,21)9-10/h1-4,10,13,18H,5-9H2,(H2,16,17,19)/t10-,13-/m0/s1. The Morgan fingerprint density at radius 2 is 2.00 bits per heavy atom. The Morgan fingerprint density at radius 3 is 2.59 bits per heavy atom. The van der Waals surface area contributed by atoms with Gasteiger partial charge in [-0.25, -0.2) is 17.6 Å². The fourth-order valence-electron chi connectivity index (χ4n) is 2.32. The van der Waals surface area contributed by atoms with Gasteiger partial charge in [0.15, 0.2) is 9.84 Å². The number of amides is 2. The van der Waals surface area contributed by atoms with Crippen LogP contribution in [0.5, 0.6) is 0 Å².